The van der Waals surface area contributed by atoms with Crippen molar-refractivity contribution in [1.82, 2.24) is 0 Å². The van der Waals surface area contributed by atoms with Crippen molar-refractivity contribution < 1.29 is 28.6 Å². The molecule has 1 atom stereocenters. The van der Waals surface area contributed by atoms with E-state index in [1.807, 2.05) is 0 Å². The molecule has 0 fully saturated rings. The van der Waals surface area contributed by atoms with E-state index in [0.717, 1.165) is 83.5 Å². The van der Waals surface area contributed by atoms with E-state index in [4.69, 9.17) is 14.2 Å². The van der Waals surface area contributed by atoms with E-state index in [1.54, 1.807) is 0 Å². The Kier molecular flexibility index (Phi) is 42.0. The maximum absolute atomic E-state index is 12.7. The molecule has 0 heterocycles. The fourth-order valence-electron chi connectivity index (χ4n) is 6.37. The first-order valence-corrected chi connectivity index (χ1v) is 23.1. The van der Waals surface area contributed by atoms with Gasteiger partial charge in [-0.2, -0.15) is 0 Å². The molecular formula is C49H86O6. The minimum atomic E-state index is -0.783. The van der Waals surface area contributed by atoms with Crippen LogP contribution in [0.2, 0.25) is 0 Å². The quantitative estimate of drug-likeness (QED) is 0.0267. The highest BCUT2D eigenvalue weighted by atomic mass is 16.6. The second-order valence-electron chi connectivity index (χ2n) is 15.3. The minimum Gasteiger partial charge on any atom is -0.462 e. The van der Waals surface area contributed by atoms with Gasteiger partial charge in [-0.05, 0) is 57.8 Å². The Morgan fingerprint density at radius 3 is 1.11 bits per heavy atom. The van der Waals surface area contributed by atoms with E-state index in [2.05, 4.69) is 69.4 Å². The maximum Gasteiger partial charge on any atom is 0.306 e. The lowest BCUT2D eigenvalue weighted by Gasteiger charge is -2.18. The highest BCUT2D eigenvalue weighted by molar-refractivity contribution is 5.71. The molecular weight excluding hydrogens is 685 g/mol. The van der Waals surface area contributed by atoms with Gasteiger partial charge in [-0.25, -0.2) is 0 Å². The lowest BCUT2D eigenvalue weighted by molar-refractivity contribution is -0.167. The molecule has 0 saturated carbocycles. The van der Waals surface area contributed by atoms with Gasteiger partial charge in [0.2, 0.25) is 0 Å². The zero-order chi connectivity index (χ0) is 40.1. The molecule has 6 nitrogen and oxygen atoms in total. The molecule has 0 N–H and O–H groups in total. The van der Waals surface area contributed by atoms with Gasteiger partial charge in [-0.1, -0.05) is 198 Å². The molecule has 0 radical (unpaired) electrons. The Bertz CT molecular complexity index is 980. The summed E-state index contributed by atoms with van der Waals surface area (Å²) in [7, 11) is 0. The fraction of sp³-hybridized carbons (Fsp3) is 0.776. The first-order valence-electron chi connectivity index (χ1n) is 23.1. The molecule has 318 valence electrons. The number of unbranched alkanes of at least 4 members (excludes halogenated alkanes) is 22. The third-order valence-corrected chi connectivity index (χ3v) is 9.85. The summed E-state index contributed by atoms with van der Waals surface area (Å²) in [5, 5.41) is 0. The number of carbonyl (C=O) groups is 3. The summed E-state index contributed by atoms with van der Waals surface area (Å²) >= 11 is 0. The van der Waals surface area contributed by atoms with Gasteiger partial charge in [-0.15, -0.1) is 0 Å². The van der Waals surface area contributed by atoms with Crippen LogP contribution in [0.5, 0.6) is 0 Å². The van der Waals surface area contributed by atoms with Gasteiger partial charge in [0.05, 0.1) is 0 Å². The van der Waals surface area contributed by atoms with Gasteiger partial charge < -0.3 is 14.2 Å². The van der Waals surface area contributed by atoms with Crippen LogP contribution in [0.4, 0.5) is 0 Å². The van der Waals surface area contributed by atoms with E-state index in [1.165, 1.54) is 103 Å². The smallest absolute Gasteiger partial charge is 0.306 e. The molecule has 0 saturated heterocycles. The Morgan fingerprint density at radius 2 is 0.709 bits per heavy atom. The topological polar surface area (TPSA) is 78.9 Å². The number of rotatable bonds is 41. The maximum atomic E-state index is 12.7. The molecule has 0 amide bonds. The molecule has 0 rings (SSSR count). The van der Waals surface area contributed by atoms with Crippen molar-refractivity contribution in [3.63, 3.8) is 0 Å². The first kappa shape index (κ1) is 52.4. The number of hydrogen-bond donors (Lipinski definition) is 0. The van der Waals surface area contributed by atoms with Crippen LogP contribution in [0.1, 0.15) is 226 Å². The van der Waals surface area contributed by atoms with Crippen LogP contribution < -0.4 is 0 Å². The summed E-state index contributed by atoms with van der Waals surface area (Å²) in [6, 6.07) is 0. The van der Waals surface area contributed by atoms with Gasteiger partial charge in [0.15, 0.2) is 6.10 Å². The predicted molar refractivity (Wildman–Crippen MR) is 233 cm³/mol. The average Bonchev–Trinajstić information content (AvgIpc) is 3.18. The van der Waals surface area contributed by atoms with Crippen LogP contribution in [-0.4, -0.2) is 37.2 Å². The van der Waals surface area contributed by atoms with Crippen LogP contribution in [0, 0.1) is 0 Å². The summed E-state index contributed by atoms with van der Waals surface area (Å²) in [6.45, 7) is 6.46. The van der Waals surface area contributed by atoms with Crippen molar-refractivity contribution in [2.45, 2.75) is 232 Å². The number of esters is 3. The summed E-state index contributed by atoms with van der Waals surface area (Å²) in [6.07, 6.45) is 50.9. The van der Waals surface area contributed by atoms with E-state index >= 15 is 0 Å². The molecule has 6 heteroatoms. The van der Waals surface area contributed by atoms with Crippen molar-refractivity contribution in [2.75, 3.05) is 13.2 Å². The molecule has 0 aromatic rings. The van der Waals surface area contributed by atoms with E-state index in [0.29, 0.717) is 19.3 Å². The highest BCUT2D eigenvalue weighted by Crippen LogP contribution is 2.15. The lowest BCUT2D eigenvalue weighted by atomic mass is 10.0. The minimum absolute atomic E-state index is 0.0836. The standard InChI is InChI=1S/C49H86O6/c1-4-7-10-13-16-19-21-23-24-26-27-30-33-36-39-42-48(51)54-45-46(44-53-47(50)41-38-35-32-29-18-15-12-9-6-3)55-49(52)43-40-37-34-31-28-25-22-20-17-14-11-8-5-2/h7,10,16,19,23-24,27,30,46H,4-6,8-9,11-15,17-18,20-22,25-26,28-29,31-45H2,1-3H3/b10-7-,19-16-,24-23-,30-27-. The second-order valence-corrected chi connectivity index (χ2v) is 15.3. The van der Waals surface area contributed by atoms with E-state index in [-0.39, 0.29) is 31.1 Å². The molecule has 0 aliphatic carbocycles. The largest absolute Gasteiger partial charge is 0.462 e. The molecule has 0 aromatic heterocycles. The van der Waals surface area contributed by atoms with Crippen molar-refractivity contribution in [3.05, 3.63) is 48.6 Å². The van der Waals surface area contributed by atoms with Gasteiger partial charge in [-0.3, -0.25) is 14.4 Å². The number of hydrogen-bond acceptors (Lipinski definition) is 6. The number of carbonyl (C=O) groups excluding carboxylic acids is 3. The fourth-order valence-corrected chi connectivity index (χ4v) is 6.37. The Hall–Kier alpha value is -2.63. The molecule has 55 heavy (non-hydrogen) atoms. The predicted octanol–water partition coefficient (Wildman–Crippen LogP) is 14.8. The van der Waals surface area contributed by atoms with Gasteiger partial charge in [0.25, 0.3) is 0 Å². The first-order chi connectivity index (χ1) is 27.0. The SMILES string of the molecule is CC/C=C\C/C=C\C/C=C\C/C=C\CCCCC(=O)OCC(COC(=O)CCCCCCCCCCC)OC(=O)CCCCCCCCCCCCCCC. The third-order valence-electron chi connectivity index (χ3n) is 9.85. The number of allylic oxidation sites excluding steroid dienone is 8. The summed E-state index contributed by atoms with van der Waals surface area (Å²) < 4.78 is 16.7. The highest BCUT2D eigenvalue weighted by Gasteiger charge is 2.19. The molecule has 1 unspecified atom stereocenters. The van der Waals surface area contributed by atoms with Crippen LogP contribution in [0.3, 0.4) is 0 Å². The van der Waals surface area contributed by atoms with Gasteiger partial charge >= 0.3 is 17.9 Å². The molecule has 0 aliphatic rings. The summed E-state index contributed by atoms with van der Waals surface area (Å²) in [5.74, 6) is -0.927. The zero-order valence-corrected chi connectivity index (χ0v) is 36.2. The van der Waals surface area contributed by atoms with Crippen molar-refractivity contribution in [2.24, 2.45) is 0 Å². The average molecular weight is 771 g/mol. The third kappa shape index (κ3) is 42.4. The van der Waals surface area contributed by atoms with Gasteiger partial charge in [0, 0.05) is 19.3 Å². The van der Waals surface area contributed by atoms with Crippen molar-refractivity contribution in [3.8, 4) is 0 Å². The van der Waals surface area contributed by atoms with Crippen LogP contribution >= 0.6 is 0 Å². The molecule has 0 aliphatic heterocycles. The summed E-state index contributed by atoms with van der Waals surface area (Å²) in [4.78, 5) is 37.7. The Balaban J connectivity index is 4.41. The van der Waals surface area contributed by atoms with Crippen molar-refractivity contribution in [1.29, 1.82) is 0 Å². The van der Waals surface area contributed by atoms with Crippen LogP contribution in [0.15, 0.2) is 48.6 Å². The Labute approximate surface area is 339 Å². The van der Waals surface area contributed by atoms with E-state index in [9.17, 15) is 14.4 Å². The zero-order valence-electron chi connectivity index (χ0n) is 36.2. The molecule has 0 bridgehead atoms. The summed E-state index contributed by atoms with van der Waals surface area (Å²) in [5.41, 5.74) is 0. The van der Waals surface area contributed by atoms with Crippen molar-refractivity contribution >= 4 is 17.9 Å². The normalized spacial score (nSPS) is 12.4. The molecule has 0 spiro atoms. The molecule has 0 aromatic carbocycles. The van der Waals surface area contributed by atoms with Gasteiger partial charge in [0.1, 0.15) is 13.2 Å². The number of ether oxygens (including phenoxy) is 3. The lowest BCUT2D eigenvalue weighted by Crippen LogP contribution is -2.30. The second kappa shape index (κ2) is 44.1. The monoisotopic (exact) mass is 771 g/mol. The van der Waals surface area contributed by atoms with Crippen LogP contribution in [-0.2, 0) is 28.6 Å². The Morgan fingerprint density at radius 1 is 0.382 bits per heavy atom. The van der Waals surface area contributed by atoms with Crippen LogP contribution in [0.25, 0.3) is 0 Å². The van der Waals surface area contributed by atoms with E-state index < -0.39 is 6.10 Å².